The molecule has 0 unspecified atom stereocenters. The molecule has 0 amide bonds. The van der Waals surface area contributed by atoms with Gasteiger partial charge >= 0.3 is 0 Å². The molecule has 2 heterocycles. The number of hydrogen-bond acceptors (Lipinski definition) is 4. The zero-order valence-electron chi connectivity index (χ0n) is 33.9. The second kappa shape index (κ2) is 28.7. The number of unbranched alkanes of at least 4 members (excludes halogenated alkanes) is 18. The van der Waals surface area contributed by atoms with E-state index in [9.17, 15) is 0 Å². The molecule has 0 saturated heterocycles. The van der Waals surface area contributed by atoms with E-state index in [4.69, 9.17) is 9.47 Å². The van der Waals surface area contributed by atoms with E-state index in [1.54, 1.807) is 0 Å². The molecule has 0 aliphatic heterocycles. The normalized spacial score (nSPS) is 11.2. The van der Waals surface area contributed by atoms with E-state index in [0.717, 1.165) is 50.4 Å². The summed E-state index contributed by atoms with van der Waals surface area (Å²) in [5, 5.41) is 0. The molecule has 4 heteroatoms. The summed E-state index contributed by atoms with van der Waals surface area (Å²) in [6, 6.07) is 26.3. The van der Waals surface area contributed by atoms with E-state index in [2.05, 4.69) is 98.5 Å². The lowest BCUT2D eigenvalue weighted by Crippen LogP contribution is -1.99. The molecule has 0 aliphatic rings. The Morgan fingerprint density at radius 2 is 0.704 bits per heavy atom. The number of rotatable bonds is 30. The van der Waals surface area contributed by atoms with E-state index in [-0.39, 0.29) is 0 Å². The highest BCUT2D eigenvalue weighted by Crippen LogP contribution is 2.30. The first kappa shape index (κ1) is 44.0. The summed E-state index contributed by atoms with van der Waals surface area (Å²) < 4.78 is 11.9. The number of ether oxygens (including phenoxy) is 2. The maximum absolute atomic E-state index is 5.96. The van der Waals surface area contributed by atoms with Crippen molar-refractivity contribution < 1.29 is 9.47 Å². The molecule has 0 atom stereocenters. The van der Waals surface area contributed by atoms with Crippen LogP contribution in [0.15, 0.2) is 72.8 Å². The van der Waals surface area contributed by atoms with Crippen molar-refractivity contribution >= 4 is 22.7 Å². The van der Waals surface area contributed by atoms with Crippen molar-refractivity contribution in [2.75, 3.05) is 26.4 Å². The first-order chi connectivity index (χ1) is 26.7. The average Bonchev–Trinajstić information content (AvgIpc) is 3.88. The topological polar surface area (TPSA) is 18.5 Å². The fourth-order valence-electron chi connectivity index (χ4n) is 6.85. The van der Waals surface area contributed by atoms with Crippen molar-refractivity contribution in [3.8, 4) is 32.7 Å². The fraction of sp³-hybridized carbons (Fsp3) is 0.560. The minimum Gasteiger partial charge on any atom is -0.381 e. The highest BCUT2D eigenvalue weighted by Gasteiger charge is 2.06. The van der Waals surface area contributed by atoms with Gasteiger partial charge in [-0.2, -0.15) is 0 Å². The van der Waals surface area contributed by atoms with E-state index in [0.29, 0.717) is 0 Å². The van der Waals surface area contributed by atoms with Gasteiger partial charge in [-0.25, -0.2) is 0 Å². The highest BCUT2D eigenvalue weighted by molar-refractivity contribution is 7.15. The van der Waals surface area contributed by atoms with Crippen molar-refractivity contribution in [1.29, 1.82) is 0 Å². The van der Waals surface area contributed by atoms with E-state index >= 15 is 0 Å². The summed E-state index contributed by atoms with van der Waals surface area (Å²) in [4.78, 5) is 5.40. The molecule has 0 bridgehead atoms. The summed E-state index contributed by atoms with van der Waals surface area (Å²) in [6.45, 7) is 7.99. The van der Waals surface area contributed by atoms with Gasteiger partial charge in [0.05, 0.1) is 13.2 Å². The standard InChI is InChI=1S/C50H70O2S2/c1-3-5-7-9-11-13-15-17-19-21-39-51-41-37-47-33-35-49(53-47)45-29-25-43(26-30-45)23-24-44-27-31-46(32-28-44)50-36-34-48(54-50)38-42-52-40-22-20-18-16-14-12-10-8-6-4-2/h25-36H,3-22,37-42H2,1-2H3. The third-order valence-corrected chi connectivity index (χ3v) is 12.7. The Bertz CT molecular complexity index is 1440. The van der Waals surface area contributed by atoms with Crippen LogP contribution in [0.25, 0.3) is 20.9 Å². The zero-order chi connectivity index (χ0) is 37.7. The van der Waals surface area contributed by atoms with Crippen molar-refractivity contribution in [3.63, 3.8) is 0 Å². The van der Waals surface area contributed by atoms with Crippen LogP contribution >= 0.6 is 22.7 Å². The molecule has 4 aromatic rings. The Labute approximate surface area is 338 Å². The molecular formula is C50H70O2S2. The number of hydrogen-bond donors (Lipinski definition) is 0. The Morgan fingerprint density at radius 3 is 1.06 bits per heavy atom. The van der Waals surface area contributed by atoms with Crippen LogP contribution in [0.3, 0.4) is 0 Å². The van der Waals surface area contributed by atoms with Crippen LogP contribution in [0.1, 0.15) is 163 Å². The smallest absolute Gasteiger partial charge is 0.0514 e. The van der Waals surface area contributed by atoms with Crippen molar-refractivity contribution in [2.45, 2.75) is 155 Å². The Balaban J connectivity index is 1.06. The van der Waals surface area contributed by atoms with Crippen molar-refractivity contribution in [3.05, 3.63) is 93.7 Å². The molecule has 2 aromatic heterocycles. The third kappa shape index (κ3) is 18.8. The zero-order valence-corrected chi connectivity index (χ0v) is 35.6. The van der Waals surface area contributed by atoms with E-state index < -0.39 is 0 Å². The highest BCUT2D eigenvalue weighted by atomic mass is 32.1. The molecule has 0 fully saturated rings. The first-order valence-corrected chi connectivity index (χ1v) is 23.4. The maximum atomic E-state index is 5.96. The molecular weight excluding hydrogens is 697 g/mol. The van der Waals surface area contributed by atoms with Gasteiger partial charge in [-0.05, 0) is 72.5 Å². The SMILES string of the molecule is CCCCCCCCCCCCOCCc1ccc(-c2ccc(C#Cc3ccc(-c4ccc(CCOCCCCCCCCCCCC)s4)cc3)cc2)s1. The van der Waals surface area contributed by atoms with Gasteiger partial charge in [-0.15, -0.1) is 22.7 Å². The molecule has 0 saturated carbocycles. The van der Waals surface area contributed by atoms with Crippen LogP contribution in [0.5, 0.6) is 0 Å². The largest absolute Gasteiger partial charge is 0.381 e. The van der Waals surface area contributed by atoms with Gasteiger partial charge < -0.3 is 9.47 Å². The maximum Gasteiger partial charge on any atom is 0.0514 e. The fourth-order valence-corrected chi connectivity index (χ4v) is 8.84. The molecule has 0 N–H and O–H groups in total. The summed E-state index contributed by atoms with van der Waals surface area (Å²) >= 11 is 3.75. The van der Waals surface area contributed by atoms with Crippen molar-refractivity contribution in [1.82, 2.24) is 0 Å². The molecule has 2 aromatic carbocycles. The molecule has 2 nitrogen and oxygen atoms in total. The lowest BCUT2D eigenvalue weighted by molar-refractivity contribution is 0.133. The number of thiophene rings is 2. The monoisotopic (exact) mass is 766 g/mol. The summed E-state index contributed by atoms with van der Waals surface area (Å²) in [5.74, 6) is 6.72. The van der Waals surface area contributed by atoms with Gasteiger partial charge in [-0.1, -0.05) is 166 Å². The Kier molecular flexibility index (Phi) is 23.4. The van der Waals surface area contributed by atoms with Gasteiger partial charge in [0.1, 0.15) is 0 Å². The summed E-state index contributed by atoms with van der Waals surface area (Å²) in [5.41, 5.74) is 4.59. The van der Waals surface area contributed by atoms with E-state index in [1.165, 1.54) is 159 Å². The second-order valence-electron chi connectivity index (χ2n) is 15.0. The molecule has 0 radical (unpaired) electrons. The molecule has 294 valence electrons. The minimum atomic E-state index is 0.816. The molecule has 0 aliphatic carbocycles. The second-order valence-corrected chi connectivity index (χ2v) is 17.4. The Hall–Kier alpha value is -2.68. The van der Waals surface area contributed by atoms with Crippen LogP contribution in [-0.2, 0) is 22.3 Å². The van der Waals surface area contributed by atoms with Crippen LogP contribution in [0.2, 0.25) is 0 Å². The average molecular weight is 767 g/mol. The molecule has 0 spiro atoms. The summed E-state index contributed by atoms with van der Waals surface area (Å²) in [6.07, 6.45) is 29.3. The lowest BCUT2D eigenvalue weighted by atomic mass is 10.1. The Morgan fingerprint density at radius 1 is 0.370 bits per heavy atom. The van der Waals surface area contributed by atoms with Gasteiger partial charge in [-0.3, -0.25) is 0 Å². The van der Waals surface area contributed by atoms with Gasteiger partial charge in [0.2, 0.25) is 0 Å². The predicted molar refractivity (Wildman–Crippen MR) is 238 cm³/mol. The van der Waals surface area contributed by atoms with Gasteiger partial charge in [0.15, 0.2) is 0 Å². The van der Waals surface area contributed by atoms with Crippen LogP contribution in [-0.4, -0.2) is 26.4 Å². The van der Waals surface area contributed by atoms with Crippen LogP contribution in [0.4, 0.5) is 0 Å². The van der Waals surface area contributed by atoms with Gasteiger partial charge in [0.25, 0.3) is 0 Å². The minimum absolute atomic E-state index is 0.816. The first-order valence-electron chi connectivity index (χ1n) is 21.8. The lowest BCUT2D eigenvalue weighted by Gasteiger charge is -2.04. The summed E-state index contributed by atoms with van der Waals surface area (Å²) in [7, 11) is 0. The van der Waals surface area contributed by atoms with Crippen LogP contribution < -0.4 is 0 Å². The van der Waals surface area contributed by atoms with Crippen molar-refractivity contribution in [2.24, 2.45) is 0 Å². The third-order valence-electron chi connectivity index (χ3n) is 10.3. The van der Waals surface area contributed by atoms with E-state index in [1.807, 2.05) is 22.7 Å². The number of benzene rings is 2. The quantitative estimate of drug-likeness (QED) is 0.0389. The van der Waals surface area contributed by atoms with Crippen LogP contribution in [0, 0.1) is 11.8 Å². The molecule has 54 heavy (non-hydrogen) atoms. The predicted octanol–water partition coefficient (Wildman–Crippen LogP) is 15.5. The molecule has 4 rings (SSSR count). The van der Waals surface area contributed by atoms with Gasteiger partial charge in [0, 0.05) is 56.7 Å².